The van der Waals surface area contributed by atoms with Gasteiger partial charge in [0.05, 0.1) is 17.3 Å². The molecule has 6 heteroatoms. The number of carbonyl (C=O) groups is 1. The van der Waals surface area contributed by atoms with Crippen LogP contribution in [0.5, 0.6) is 0 Å². The van der Waals surface area contributed by atoms with Crippen molar-refractivity contribution in [3.63, 3.8) is 0 Å². The Morgan fingerprint density at radius 1 is 1.56 bits per heavy atom. The molecule has 16 heavy (non-hydrogen) atoms. The molecule has 1 aromatic rings. The Morgan fingerprint density at radius 2 is 2.25 bits per heavy atom. The van der Waals surface area contributed by atoms with Gasteiger partial charge in [-0.2, -0.15) is 0 Å². The highest BCUT2D eigenvalue weighted by Crippen LogP contribution is 2.31. The minimum atomic E-state index is -0.430. The van der Waals surface area contributed by atoms with E-state index in [2.05, 4.69) is 26.6 Å². The van der Waals surface area contributed by atoms with E-state index in [-0.39, 0.29) is 17.5 Å². The average molecular weight is 310 g/mol. The number of amides is 1. The highest BCUT2D eigenvalue weighted by molar-refractivity contribution is 9.10. The summed E-state index contributed by atoms with van der Waals surface area (Å²) < 4.78 is 13.4. The zero-order valence-electron chi connectivity index (χ0n) is 8.61. The van der Waals surface area contributed by atoms with Gasteiger partial charge in [-0.15, -0.1) is 0 Å². The van der Waals surface area contributed by atoms with E-state index in [1.807, 2.05) is 6.92 Å². The number of carbonyl (C=O) groups excluding carboxylic acids is 1. The Morgan fingerprint density at radius 3 is 2.81 bits per heavy atom. The largest absolute Gasteiger partial charge is 0.374 e. The Bertz CT molecular complexity index is 377. The van der Waals surface area contributed by atoms with Gasteiger partial charge in [0, 0.05) is 11.0 Å². The van der Waals surface area contributed by atoms with Crippen LogP contribution in [-0.4, -0.2) is 19.0 Å². The van der Waals surface area contributed by atoms with Crippen LogP contribution in [0.1, 0.15) is 6.92 Å². The lowest BCUT2D eigenvalue weighted by Gasteiger charge is -2.10. The highest BCUT2D eigenvalue weighted by Gasteiger charge is 2.09. The van der Waals surface area contributed by atoms with E-state index >= 15 is 0 Å². The fourth-order valence-electron chi connectivity index (χ4n) is 1.14. The van der Waals surface area contributed by atoms with Crippen molar-refractivity contribution in [1.82, 2.24) is 5.32 Å². The summed E-state index contributed by atoms with van der Waals surface area (Å²) in [6, 6.07) is 2.47. The van der Waals surface area contributed by atoms with Crippen LogP contribution in [0, 0.1) is 5.82 Å². The topological polar surface area (TPSA) is 41.1 Å². The predicted octanol–water partition coefficient (Wildman–Crippen LogP) is 2.79. The van der Waals surface area contributed by atoms with Gasteiger partial charge in [-0.05, 0) is 35.0 Å². The maximum absolute atomic E-state index is 12.9. The first-order valence-electron chi connectivity index (χ1n) is 4.69. The Kier molecular flexibility index (Phi) is 5.02. The summed E-state index contributed by atoms with van der Waals surface area (Å²) in [6.45, 7) is 2.50. The second-order valence-electron chi connectivity index (χ2n) is 3.05. The predicted molar refractivity (Wildman–Crippen MR) is 66.3 cm³/mol. The van der Waals surface area contributed by atoms with Gasteiger partial charge in [-0.3, -0.25) is 4.79 Å². The van der Waals surface area contributed by atoms with Gasteiger partial charge in [0.25, 0.3) is 0 Å². The molecule has 0 fully saturated rings. The van der Waals surface area contributed by atoms with Gasteiger partial charge < -0.3 is 10.6 Å². The summed E-state index contributed by atoms with van der Waals surface area (Å²) in [5, 5.41) is 5.70. The van der Waals surface area contributed by atoms with E-state index in [9.17, 15) is 9.18 Å². The summed E-state index contributed by atoms with van der Waals surface area (Å²) in [6.07, 6.45) is 0. The molecule has 0 bridgehead atoms. The van der Waals surface area contributed by atoms with Gasteiger partial charge in [0.15, 0.2) is 0 Å². The van der Waals surface area contributed by atoms with Crippen LogP contribution < -0.4 is 10.6 Å². The first kappa shape index (κ1) is 13.3. The molecule has 1 rings (SSSR count). The van der Waals surface area contributed by atoms with Crippen molar-refractivity contribution in [2.45, 2.75) is 6.92 Å². The zero-order valence-corrected chi connectivity index (χ0v) is 11.0. The Balaban J connectivity index is 2.70. The molecule has 0 aliphatic carbocycles. The van der Waals surface area contributed by atoms with Crippen molar-refractivity contribution in [3.05, 3.63) is 27.4 Å². The second kappa shape index (κ2) is 6.06. The number of benzene rings is 1. The van der Waals surface area contributed by atoms with Gasteiger partial charge >= 0.3 is 0 Å². The standard InChI is InChI=1S/C10H11BrClFN2O/c1-2-14-9(16)5-15-10-7(11)3-6(13)4-8(10)12/h3-4,15H,2,5H2,1H3,(H,14,16). The van der Waals surface area contributed by atoms with Gasteiger partial charge in [-0.1, -0.05) is 11.6 Å². The highest BCUT2D eigenvalue weighted by atomic mass is 79.9. The summed E-state index contributed by atoms with van der Waals surface area (Å²) >= 11 is 9.00. The average Bonchev–Trinajstić information content (AvgIpc) is 2.16. The quantitative estimate of drug-likeness (QED) is 0.898. The second-order valence-corrected chi connectivity index (χ2v) is 4.31. The summed E-state index contributed by atoms with van der Waals surface area (Å²) in [5.41, 5.74) is 0.509. The van der Waals surface area contributed by atoms with E-state index < -0.39 is 5.82 Å². The molecule has 0 heterocycles. The van der Waals surface area contributed by atoms with Crippen LogP contribution in [0.15, 0.2) is 16.6 Å². The van der Waals surface area contributed by atoms with Crippen molar-refractivity contribution < 1.29 is 9.18 Å². The minimum absolute atomic E-state index is 0.0950. The maximum atomic E-state index is 12.9. The van der Waals surface area contributed by atoms with Crippen LogP contribution in [0.4, 0.5) is 10.1 Å². The lowest BCUT2D eigenvalue weighted by atomic mass is 10.3. The summed E-state index contributed by atoms with van der Waals surface area (Å²) in [7, 11) is 0. The molecule has 0 saturated heterocycles. The number of hydrogen-bond donors (Lipinski definition) is 2. The molecule has 88 valence electrons. The third kappa shape index (κ3) is 3.64. The number of halogens is 3. The van der Waals surface area contributed by atoms with Crippen molar-refractivity contribution in [1.29, 1.82) is 0 Å². The first-order valence-corrected chi connectivity index (χ1v) is 5.86. The van der Waals surface area contributed by atoms with E-state index in [0.717, 1.165) is 0 Å². The Hall–Kier alpha value is -0.810. The number of likely N-dealkylation sites (N-methyl/N-ethyl adjacent to an activating group) is 1. The molecular weight excluding hydrogens is 298 g/mol. The maximum Gasteiger partial charge on any atom is 0.239 e. The molecule has 1 amide bonds. The molecule has 0 radical (unpaired) electrons. The van der Waals surface area contributed by atoms with Crippen molar-refractivity contribution in [2.75, 3.05) is 18.4 Å². The van der Waals surface area contributed by atoms with Crippen LogP contribution in [0.25, 0.3) is 0 Å². The fraction of sp³-hybridized carbons (Fsp3) is 0.300. The number of hydrogen-bond acceptors (Lipinski definition) is 2. The van der Waals surface area contributed by atoms with E-state index in [4.69, 9.17) is 11.6 Å². The molecule has 2 N–H and O–H groups in total. The van der Waals surface area contributed by atoms with Crippen LogP contribution in [0.2, 0.25) is 5.02 Å². The van der Waals surface area contributed by atoms with Crippen molar-refractivity contribution in [3.8, 4) is 0 Å². The van der Waals surface area contributed by atoms with Gasteiger partial charge in [0.1, 0.15) is 5.82 Å². The van der Waals surface area contributed by atoms with Crippen molar-refractivity contribution >= 4 is 39.1 Å². The third-order valence-corrected chi connectivity index (χ3v) is 2.73. The van der Waals surface area contributed by atoms with Crippen LogP contribution in [0.3, 0.4) is 0 Å². The molecule has 0 aromatic heterocycles. The van der Waals surface area contributed by atoms with E-state index in [0.29, 0.717) is 16.7 Å². The fourth-order valence-corrected chi connectivity index (χ4v) is 2.10. The molecule has 1 aromatic carbocycles. The SMILES string of the molecule is CCNC(=O)CNc1c(Cl)cc(F)cc1Br. The monoisotopic (exact) mass is 308 g/mol. The molecule has 0 saturated carbocycles. The summed E-state index contributed by atoms with van der Waals surface area (Å²) in [5.74, 6) is -0.574. The zero-order chi connectivity index (χ0) is 12.1. The number of rotatable bonds is 4. The van der Waals surface area contributed by atoms with E-state index in [1.165, 1.54) is 12.1 Å². The van der Waals surface area contributed by atoms with Crippen LogP contribution >= 0.6 is 27.5 Å². The van der Waals surface area contributed by atoms with Crippen molar-refractivity contribution in [2.24, 2.45) is 0 Å². The lowest BCUT2D eigenvalue weighted by Crippen LogP contribution is -2.29. The smallest absolute Gasteiger partial charge is 0.239 e. The molecule has 0 aliphatic heterocycles. The molecule has 0 aliphatic rings. The van der Waals surface area contributed by atoms with Crippen LogP contribution in [-0.2, 0) is 4.79 Å². The van der Waals surface area contributed by atoms with Gasteiger partial charge in [-0.25, -0.2) is 4.39 Å². The normalized spacial score (nSPS) is 10.0. The van der Waals surface area contributed by atoms with E-state index in [1.54, 1.807) is 0 Å². The number of anilines is 1. The Labute approximate surface area is 106 Å². The third-order valence-electron chi connectivity index (χ3n) is 1.81. The molecule has 0 atom stereocenters. The summed E-state index contributed by atoms with van der Waals surface area (Å²) in [4.78, 5) is 11.2. The molecular formula is C10H11BrClFN2O. The number of nitrogens with one attached hydrogen (secondary N) is 2. The first-order chi connectivity index (χ1) is 7.54. The molecule has 0 unspecified atom stereocenters. The molecule has 0 spiro atoms. The molecule has 3 nitrogen and oxygen atoms in total. The lowest BCUT2D eigenvalue weighted by molar-refractivity contribution is -0.119. The minimum Gasteiger partial charge on any atom is -0.374 e. The van der Waals surface area contributed by atoms with Gasteiger partial charge in [0.2, 0.25) is 5.91 Å².